The number of fused-ring (bicyclic) bond motifs is 4. The summed E-state index contributed by atoms with van der Waals surface area (Å²) in [7, 11) is 0. The van der Waals surface area contributed by atoms with Gasteiger partial charge in [-0.05, 0) is 24.3 Å². The van der Waals surface area contributed by atoms with Crippen molar-refractivity contribution in [3.05, 3.63) is 41.3 Å². The Morgan fingerprint density at radius 1 is 1.20 bits per heavy atom. The first-order chi connectivity index (χ1) is 9.83. The minimum Gasteiger partial charge on any atom is -0.287 e. The molecule has 0 N–H and O–H groups in total. The molecule has 2 aromatic heterocycles. The Bertz CT molecular complexity index is 894. The largest absolute Gasteiger partial charge is 0.287 e. The minimum absolute atomic E-state index is 0.0597. The maximum Gasteiger partial charge on any atom is 0.272 e. The van der Waals surface area contributed by atoms with Crippen LogP contribution < -0.4 is 0 Å². The van der Waals surface area contributed by atoms with Crippen molar-refractivity contribution in [3.8, 4) is 11.3 Å². The Balaban J connectivity index is 1.89. The molecule has 0 saturated heterocycles. The fraction of sp³-hybridized carbons (Fsp3) is 0.214. The number of aromatic nitrogens is 5. The lowest BCUT2D eigenvalue weighted by atomic mass is 9.99. The maximum absolute atomic E-state index is 12.5. The van der Waals surface area contributed by atoms with Crippen LogP contribution in [0.15, 0.2) is 24.5 Å². The Morgan fingerprint density at radius 3 is 2.95 bits per heavy atom. The van der Waals surface area contributed by atoms with Crippen LogP contribution in [0.4, 0.5) is 0 Å². The molecule has 2 aliphatic rings. The lowest BCUT2D eigenvalue weighted by molar-refractivity contribution is 0.103. The molecule has 0 amide bonds. The van der Waals surface area contributed by atoms with Gasteiger partial charge in [0.15, 0.2) is 0 Å². The second-order valence-electron chi connectivity index (χ2n) is 5.26. The van der Waals surface area contributed by atoms with Gasteiger partial charge in [-0.25, -0.2) is 4.98 Å². The monoisotopic (exact) mass is 263 g/mol. The summed E-state index contributed by atoms with van der Waals surface area (Å²) in [5.41, 5.74) is 3.95. The highest BCUT2D eigenvalue weighted by Gasteiger charge is 2.36. The molecule has 2 heterocycles. The van der Waals surface area contributed by atoms with Crippen LogP contribution in [0.3, 0.4) is 0 Å². The SMILES string of the molecule is O=C1c2cccc(C3CC3)c2-c2nn3cnnc3nc21. The number of hydrogen-bond acceptors (Lipinski definition) is 5. The van der Waals surface area contributed by atoms with E-state index in [1.165, 1.54) is 29.2 Å². The van der Waals surface area contributed by atoms with Crippen LogP contribution in [0.1, 0.15) is 40.4 Å². The van der Waals surface area contributed by atoms with E-state index < -0.39 is 0 Å². The van der Waals surface area contributed by atoms with Gasteiger partial charge in [-0.2, -0.15) is 9.61 Å². The smallest absolute Gasteiger partial charge is 0.272 e. The highest BCUT2D eigenvalue weighted by Crippen LogP contribution is 2.47. The van der Waals surface area contributed by atoms with Gasteiger partial charge in [-0.3, -0.25) is 4.79 Å². The van der Waals surface area contributed by atoms with E-state index in [1.807, 2.05) is 12.1 Å². The van der Waals surface area contributed by atoms with Crippen LogP contribution in [0, 0.1) is 0 Å². The van der Waals surface area contributed by atoms with Crippen molar-refractivity contribution >= 4 is 11.6 Å². The average Bonchev–Trinajstić information content (AvgIpc) is 3.16. The van der Waals surface area contributed by atoms with Gasteiger partial charge in [0.1, 0.15) is 17.7 Å². The van der Waals surface area contributed by atoms with Crippen LogP contribution in [0.2, 0.25) is 0 Å². The summed E-state index contributed by atoms with van der Waals surface area (Å²) >= 11 is 0. The first-order valence-corrected chi connectivity index (χ1v) is 6.59. The molecule has 0 aliphatic heterocycles. The molecule has 2 aliphatic carbocycles. The Kier molecular flexibility index (Phi) is 1.67. The summed E-state index contributed by atoms with van der Waals surface area (Å²) in [5.74, 6) is 0.857. The average molecular weight is 263 g/mol. The van der Waals surface area contributed by atoms with Gasteiger partial charge >= 0.3 is 0 Å². The molecule has 0 radical (unpaired) electrons. The van der Waals surface area contributed by atoms with Crippen LogP contribution in [0.25, 0.3) is 17.0 Å². The highest BCUT2D eigenvalue weighted by atomic mass is 16.1. The summed E-state index contributed by atoms with van der Waals surface area (Å²) in [6, 6.07) is 5.90. The lowest BCUT2D eigenvalue weighted by Gasteiger charge is -2.06. The zero-order valence-electron chi connectivity index (χ0n) is 10.4. The first-order valence-electron chi connectivity index (χ1n) is 6.59. The number of benzene rings is 1. The van der Waals surface area contributed by atoms with E-state index in [1.54, 1.807) is 0 Å². The summed E-state index contributed by atoms with van der Waals surface area (Å²) in [6.45, 7) is 0. The van der Waals surface area contributed by atoms with Gasteiger partial charge in [0.2, 0.25) is 5.78 Å². The summed E-state index contributed by atoms with van der Waals surface area (Å²) in [4.78, 5) is 16.8. The predicted octanol–water partition coefficient (Wildman–Crippen LogP) is 1.61. The van der Waals surface area contributed by atoms with E-state index in [0.717, 1.165) is 5.56 Å². The molecule has 1 aromatic carbocycles. The standard InChI is InChI=1S/C14H9N5O/c20-13-9-3-1-2-8(7-4-5-7)10(9)11-12(13)16-14-17-15-6-19(14)18-11/h1-3,6-7H,4-5H2. The molecular formula is C14H9N5O. The molecule has 6 nitrogen and oxygen atoms in total. The molecular weight excluding hydrogens is 254 g/mol. The summed E-state index contributed by atoms with van der Waals surface area (Å²) in [6.07, 6.45) is 3.87. The fourth-order valence-electron chi connectivity index (χ4n) is 2.89. The Labute approximate surface area is 113 Å². The lowest BCUT2D eigenvalue weighted by Crippen LogP contribution is -2.03. The molecule has 1 fully saturated rings. The third-order valence-electron chi connectivity index (χ3n) is 3.97. The first kappa shape index (κ1) is 10.2. The van der Waals surface area contributed by atoms with Crippen LogP contribution in [-0.2, 0) is 0 Å². The van der Waals surface area contributed by atoms with E-state index >= 15 is 0 Å². The second kappa shape index (κ2) is 3.27. The number of carbonyl (C=O) groups is 1. The van der Waals surface area contributed by atoms with Gasteiger partial charge in [-0.1, -0.05) is 18.2 Å². The molecule has 0 spiro atoms. The number of rotatable bonds is 1. The van der Waals surface area contributed by atoms with Crippen molar-refractivity contribution in [2.75, 3.05) is 0 Å². The zero-order valence-corrected chi connectivity index (χ0v) is 10.4. The van der Waals surface area contributed by atoms with Gasteiger partial charge in [-0.15, -0.1) is 10.2 Å². The van der Waals surface area contributed by atoms with Crippen molar-refractivity contribution in [1.82, 2.24) is 24.8 Å². The Morgan fingerprint density at radius 2 is 2.10 bits per heavy atom. The third kappa shape index (κ3) is 1.16. The van der Waals surface area contributed by atoms with E-state index in [4.69, 9.17) is 0 Å². The predicted molar refractivity (Wildman–Crippen MR) is 69.4 cm³/mol. The quantitative estimate of drug-likeness (QED) is 0.521. The van der Waals surface area contributed by atoms with Crippen LogP contribution in [0.5, 0.6) is 0 Å². The number of ketones is 1. The molecule has 1 saturated carbocycles. The molecule has 0 bridgehead atoms. The molecule has 3 aromatic rings. The molecule has 20 heavy (non-hydrogen) atoms. The maximum atomic E-state index is 12.5. The van der Waals surface area contributed by atoms with Gasteiger partial charge in [0.25, 0.3) is 5.78 Å². The summed E-state index contributed by atoms with van der Waals surface area (Å²) in [5, 5.41) is 12.1. The van der Waals surface area contributed by atoms with Gasteiger partial charge < -0.3 is 0 Å². The van der Waals surface area contributed by atoms with E-state index in [9.17, 15) is 4.79 Å². The van der Waals surface area contributed by atoms with Crippen molar-refractivity contribution in [2.24, 2.45) is 0 Å². The molecule has 0 atom stereocenters. The molecule has 5 rings (SSSR count). The molecule has 96 valence electrons. The molecule has 0 unspecified atom stereocenters. The number of nitrogens with zero attached hydrogens (tertiary/aromatic N) is 5. The van der Waals surface area contributed by atoms with E-state index in [0.29, 0.717) is 28.6 Å². The van der Waals surface area contributed by atoms with Crippen LogP contribution in [-0.4, -0.2) is 30.6 Å². The van der Waals surface area contributed by atoms with Gasteiger partial charge in [0, 0.05) is 11.1 Å². The number of carbonyl (C=O) groups excluding carboxylic acids is 1. The summed E-state index contributed by atoms with van der Waals surface area (Å²) < 4.78 is 1.52. The van der Waals surface area contributed by atoms with Crippen LogP contribution >= 0.6 is 0 Å². The van der Waals surface area contributed by atoms with Crippen molar-refractivity contribution in [3.63, 3.8) is 0 Å². The zero-order chi connectivity index (χ0) is 13.3. The van der Waals surface area contributed by atoms with E-state index in [2.05, 4.69) is 26.3 Å². The Hall–Kier alpha value is -2.63. The highest BCUT2D eigenvalue weighted by molar-refractivity contribution is 6.20. The normalized spacial score (nSPS) is 16.5. The van der Waals surface area contributed by atoms with Crippen molar-refractivity contribution in [2.45, 2.75) is 18.8 Å². The molecule has 6 heteroatoms. The van der Waals surface area contributed by atoms with Crippen molar-refractivity contribution in [1.29, 1.82) is 0 Å². The van der Waals surface area contributed by atoms with Gasteiger partial charge in [0.05, 0.1) is 0 Å². The third-order valence-corrected chi connectivity index (χ3v) is 3.97. The van der Waals surface area contributed by atoms with Crippen molar-refractivity contribution < 1.29 is 4.79 Å². The second-order valence-corrected chi connectivity index (χ2v) is 5.26. The van der Waals surface area contributed by atoms with E-state index in [-0.39, 0.29) is 5.78 Å². The number of hydrogen-bond donors (Lipinski definition) is 0. The minimum atomic E-state index is -0.0597. The topological polar surface area (TPSA) is 73.0 Å². The fourth-order valence-corrected chi connectivity index (χ4v) is 2.89.